The van der Waals surface area contributed by atoms with Gasteiger partial charge in [-0.25, -0.2) is 0 Å². The van der Waals surface area contributed by atoms with Crippen LogP contribution >= 0.6 is 11.6 Å². The Morgan fingerprint density at radius 2 is 1.76 bits per heavy atom. The van der Waals surface area contributed by atoms with E-state index in [4.69, 9.17) is 16.3 Å². The number of nitrogens with zero attached hydrogens (tertiary/aromatic N) is 2. The molecule has 3 rings (SSSR count). The van der Waals surface area contributed by atoms with Crippen LogP contribution in [0.3, 0.4) is 0 Å². The number of benzene rings is 1. The van der Waals surface area contributed by atoms with Gasteiger partial charge in [0.25, 0.3) is 0 Å². The van der Waals surface area contributed by atoms with Crippen LogP contribution in [0.15, 0.2) is 36.4 Å². The molecule has 0 radical (unpaired) electrons. The van der Waals surface area contributed by atoms with Crippen LogP contribution in [0.25, 0.3) is 11.3 Å². The molecule has 25 heavy (non-hydrogen) atoms. The quantitative estimate of drug-likeness (QED) is 0.720. The zero-order chi connectivity index (χ0) is 17.8. The molecule has 1 aromatic carbocycles. The van der Waals surface area contributed by atoms with Crippen molar-refractivity contribution in [3.8, 4) is 11.3 Å². The molecule has 0 amide bonds. The fourth-order valence-electron chi connectivity index (χ4n) is 3.68. The standard InChI is InChI=1S/C20H23ClN2O2/c1-13(25-14(2)24)15-3-5-16(6-4-15)17-7-9-18(10-8-17)19-11-12-20(21)23-22-19/h7-13,15-16H,3-6H2,1-2H3. The van der Waals surface area contributed by atoms with Crippen molar-refractivity contribution in [2.24, 2.45) is 5.92 Å². The summed E-state index contributed by atoms with van der Waals surface area (Å²) in [5.41, 5.74) is 3.24. The smallest absolute Gasteiger partial charge is 0.302 e. The van der Waals surface area contributed by atoms with Crippen LogP contribution in [0.1, 0.15) is 51.0 Å². The first-order chi connectivity index (χ1) is 12.0. The Morgan fingerprint density at radius 3 is 2.32 bits per heavy atom. The monoisotopic (exact) mass is 358 g/mol. The minimum atomic E-state index is -0.185. The molecule has 0 aliphatic heterocycles. The van der Waals surface area contributed by atoms with Gasteiger partial charge < -0.3 is 4.74 Å². The van der Waals surface area contributed by atoms with Crippen LogP contribution in [0.4, 0.5) is 0 Å². The van der Waals surface area contributed by atoms with Gasteiger partial charge in [-0.05, 0) is 62.1 Å². The van der Waals surface area contributed by atoms with Gasteiger partial charge in [0.15, 0.2) is 5.15 Å². The van der Waals surface area contributed by atoms with Crippen LogP contribution in [0.5, 0.6) is 0 Å². The van der Waals surface area contributed by atoms with Gasteiger partial charge in [0.2, 0.25) is 0 Å². The van der Waals surface area contributed by atoms with E-state index in [1.807, 2.05) is 13.0 Å². The van der Waals surface area contributed by atoms with Crippen molar-refractivity contribution < 1.29 is 9.53 Å². The van der Waals surface area contributed by atoms with Crippen molar-refractivity contribution in [3.05, 3.63) is 47.1 Å². The fourth-order valence-corrected chi connectivity index (χ4v) is 3.78. The summed E-state index contributed by atoms with van der Waals surface area (Å²) in [6.45, 7) is 3.49. The number of halogens is 1. The summed E-state index contributed by atoms with van der Waals surface area (Å²) in [4.78, 5) is 11.1. The van der Waals surface area contributed by atoms with Crippen LogP contribution in [0, 0.1) is 5.92 Å². The van der Waals surface area contributed by atoms with E-state index in [-0.39, 0.29) is 12.1 Å². The Morgan fingerprint density at radius 1 is 1.08 bits per heavy atom. The lowest BCUT2D eigenvalue weighted by atomic mass is 9.77. The molecule has 1 aliphatic carbocycles. The third-order valence-electron chi connectivity index (χ3n) is 5.10. The summed E-state index contributed by atoms with van der Waals surface area (Å²) in [6.07, 6.45) is 4.49. The Kier molecular flexibility index (Phi) is 5.69. The van der Waals surface area contributed by atoms with Crippen LogP contribution < -0.4 is 0 Å². The lowest BCUT2D eigenvalue weighted by molar-refractivity contribution is -0.148. The minimum absolute atomic E-state index is 0.0179. The first-order valence-corrected chi connectivity index (χ1v) is 9.17. The number of carbonyl (C=O) groups excluding carboxylic acids is 1. The molecule has 2 aromatic rings. The van der Waals surface area contributed by atoms with E-state index in [9.17, 15) is 4.79 Å². The molecular formula is C20H23ClN2O2. The Balaban J connectivity index is 1.60. The van der Waals surface area contributed by atoms with E-state index in [2.05, 4.69) is 34.5 Å². The van der Waals surface area contributed by atoms with E-state index in [1.54, 1.807) is 6.07 Å². The Bertz CT molecular complexity index is 707. The summed E-state index contributed by atoms with van der Waals surface area (Å²) in [5, 5.41) is 8.42. The molecule has 0 spiro atoms. The van der Waals surface area contributed by atoms with Crippen molar-refractivity contribution in [2.75, 3.05) is 0 Å². The van der Waals surface area contributed by atoms with Gasteiger partial charge >= 0.3 is 5.97 Å². The summed E-state index contributed by atoms with van der Waals surface area (Å²) < 4.78 is 5.34. The number of esters is 1. The van der Waals surface area contributed by atoms with Gasteiger partial charge in [0, 0.05) is 12.5 Å². The molecule has 1 saturated carbocycles. The average Bonchev–Trinajstić information content (AvgIpc) is 2.62. The number of hydrogen-bond acceptors (Lipinski definition) is 4. The van der Waals surface area contributed by atoms with E-state index >= 15 is 0 Å². The molecule has 1 fully saturated rings. The SMILES string of the molecule is CC(=O)OC(C)C1CCC(c2ccc(-c3ccc(Cl)nn3)cc2)CC1. The third kappa shape index (κ3) is 4.57. The lowest BCUT2D eigenvalue weighted by Crippen LogP contribution is -2.26. The molecule has 0 saturated heterocycles. The Labute approximate surface area is 153 Å². The highest BCUT2D eigenvalue weighted by Gasteiger charge is 2.27. The largest absolute Gasteiger partial charge is 0.463 e. The summed E-state index contributed by atoms with van der Waals surface area (Å²) in [6, 6.07) is 12.2. The molecule has 132 valence electrons. The molecule has 1 aromatic heterocycles. The van der Waals surface area contributed by atoms with Gasteiger partial charge in [-0.2, -0.15) is 0 Å². The fraction of sp³-hybridized carbons (Fsp3) is 0.450. The predicted molar refractivity (Wildman–Crippen MR) is 98.4 cm³/mol. The van der Waals surface area contributed by atoms with E-state index < -0.39 is 0 Å². The van der Waals surface area contributed by atoms with Crippen LogP contribution in [0.2, 0.25) is 5.15 Å². The van der Waals surface area contributed by atoms with E-state index in [0.717, 1.165) is 36.9 Å². The third-order valence-corrected chi connectivity index (χ3v) is 5.30. The molecule has 1 aliphatic rings. The summed E-state index contributed by atoms with van der Waals surface area (Å²) in [7, 11) is 0. The molecule has 4 nitrogen and oxygen atoms in total. The molecule has 1 atom stereocenters. The lowest BCUT2D eigenvalue weighted by Gasteiger charge is -2.32. The topological polar surface area (TPSA) is 52.1 Å². The zero-order valence-corrected chi connectivity index (χ0v) is 15.4. The first kappa shape index (κ1) is 17.9. The minimum Gasteiger partial charge on any atom is -0.463 e. The van der Waals surface area contributed by atoms with Crippen molar-refractivity contribution in [1.29, 1.82) is 0 Å². The summed E-state index contributed by atoms with van der Waals surface area (Å²) >= 11 is 5.79. The number of aromatic nitrogens is 2. The highest BCUT2D eigenvalue weighted by Crippen LogP contribution is 2.38. The van der Waals surface area contributed by atoms with Crippen LogP contribution in [-0.4, -0.2) is 22.3 Å². The molecule has 1 unspecified atom stereocenters. The summed E-state index contributed by atoms with van der Waals surface area (Å²) in [5.74, 6) is 0.866. The maximum absolute atomic E-state index is 11.1. The first-order valence-electron chi connectivity index (χ1n) is 8.79. The zero-order valence-electron chi connectivity index (χ0n) is 14.6. The van der Waals surface area contributed by atoms with Gasteiger partial charge in [-0.3, -0.25) is 4.79 Å². The average molecular weight is 359 g/mol. The van der Waals surface area contributed by atoms with Crippen LogP contribution in [-0.2, 0) is 9.53 Å². The highest BCUT2D eigenvalue weighted by molar-refractivity contribution is 6.29. The van der Waals surface area contributed by atoms with Crippen molar-refractivity contribution >= 4 is 17.6 Å². The Hall–Kier alpha value is -1.94. The van der Waals surface area contributed by atoms with Gasteiger partial charge in [-0.1, -0.05) is 35.9 Å². The molecular weight excluding hydrogens is 336 g/mol. The second kappa shape index (κ2) is 7.96. The number of carbonyl (C=O) groups is 1. The normalized spacial score (nSPS) is 21.6. The van der Waals surface area contributed by atoms with Crippen molar-refractivity contribution in [2.45, 2.75) is 51.6 Å². The molecule has 5 heteroatoms. The van der Waals surface area contributed by atoms with Gasteiger partial charge in [-0.15, -0.1) is 10.2 Å². The second-order valence-electron chi connectivity index (χ2n) is 6.79. The maximum Gasteiger partial charge on any atom is 0.302 e. The van der Waals surface area contributed by atoms with Crippen molar-refractivity contribution in [1.82, 2.24) is 10.2 Å². The van der Waals surface area contributed by atoms with E-state index in [1.165, 1.54) is 12.5 Å². The molecule has 1 heterocycles. The predicted octanol–water partition coefficient (Wildman–Crippen LogP) is 5.02. The molecule has 0 N–H and O–H groups in total. The van der Waals surface area contributed by atoms with Gasteiger partial charge in [0.05, 0.1) is 5.69 Å². The highest BCUT2D eigenvalue weighted by atomic mass is 35.5. The van der Waals surface area contributed by atoms with E-state index in [0.29, 0.717) is 17.0 Å². The number of hydrogen-bond donors (Lipinski definition) is 0. The van der Waals surface area contributed by atoms with Crippen molar-refractivity contribution in [3.63, 3.8) is 0 Å². The van der Waals surface area contributed by atoms with Gasteiger partial charge in [0.1, 0.15) is 6.10 Å². The number of rotatable bonds is 4. The molecule has 0 bridgehead atoms. The second-order valence-corrected chi connectivity index (χ2v) is 7.18. The number of ether oxygens (including phenoxy) is 1. The maximum atomic E-state index is 11.1.